The minimum Gasteiger partial charge on any atom is -0.495 e. The van der Waals surface area contributed by atoms with Crippen LogP contribution in [-0.4, -0.2) is 13.7 Å². The van der Waals surface area contributed by atoms with E-state index in [0.717, 1.165) is 18.7 Å². The zero-order valence-corrected chi connectivity index (χ0v) is 12.7. The molecule has 1 unspecified atom stereocenters. The Bertz CT molecular complexity index is 542. The summed E-state index contributed by atoms with van der Waals surface area (Å²) in [5, 5.41) is 4.03. The van der Waals surface area contributed by atoms with Crippen molar-refractivity contribution in [1.29, 1.82) is 0 Å². The number of nitrogens with one attached hydrogen (secondary N) is 1. The number of hydrogen-bond acceptors (Lipinski definition) is 2. The van der Waals surface area contributed by atoms with E-state index in [1.165, 1.54) is 5.56 Å². The molecule has 0 aliphatic heterocycles. The molecule has 0 saturated carbocycles. The molecular weight excluding hydrogens is 270 g/mol. The molecule has 0 aromatic heterocycles. The van der Waals surface area contributed by atoms with Crippen LogP contribution in [0.4, 0.5) is 5.69 Å². The Balaban J connectivity index is 1.85. The molecule has 0 amide bonds. The molecule has 2 aromatic rings. The molecule has 0 aliphatic carbocycles. The van der Waals surface area contributed by atoms with Crippen molar-refractivity contribution in [2.45, 2.75) is 19.3 Å². The highest BCUT2D eigenvalue weighted by Crippen LogP contribution is 2.27. The SMILES string of the molecule is COc1ccc(NCCC(C)c2ccccc2)cc1Cl. The standard InChI is InChI=1S/C17H20ClNO/c1-13(14-6-4-3-5-7-14)10-11-19-15-8-9-17(20-2)16(18)12-15/h3-9,12-13,19H,10-11H2,1-2H3. The molecule has 0 saturated heterocycles. The van der Waals surface area contributed by atoms with Crippen molar-refractivity contribution in [1.82, 2.24) is 0 Å². The van der Waals surface area contributed by atoms with E-state index in [1.54, 1.807) is 7.11 Å². The smallest absolute Gasteiger partial charge is 0.137 e. The van der Waals surface area contributed by atoms with Crippen molar-refractivity contribution in [3.8, 4) is 5.75 Å². The van der Waals surface area contributed by atoms with Gasteiger partial charge >= 0.3 is 0 Å². The minimum atomic E-state index is 0.539. The van der Waals surface area contributed by atoms with Gasteiger partial charge in [-0.15, -0.1) is 0 Å². The van der Waals surface area contributed by atoms with Gasteiger partial charge in [0.25, 0.3) is 0 Å². The fraction of sp³-hybridized carbons (Fsp3) is 0.294. The predicted octanol–water partition coefficient (Wildman–Crippen LogP) is 4.95. The molecule has 0 fully saturated rings. The molecule has 2 aromatic carbocycles. The summed E-state index contributed by atoms with van der Waals surface area (Å²) < 4.78 is 5.14. The number of benzene rings is 2. The van der Waals surface area contributed by atoms with Gasteiger partial charge in [-0.2, -0.15) is 0 Å². The summed E-state index contributed by atoms with van der Waals surface area (Å²) in [6.45, 7) is 3.16. The summed E-state index contributed by atoms with van der Waals surface area (Å²) in [7, 11) is 1.62. The van der Waals surface area contributed by atoms with E-state index in [0.29, 0.717) is 16.7 Å². The third kappa shape index (κ3) is 3.91. The first kappa shape index (κ1) is 14.7. The molecule has 3 heteroatoms. The number of ether oxygens (including phenoxy) is 1. The van der Waals surface area contributed by atoms with Crippen LogP contribution in [0.15, 0.2) is 48.5 Å². The van der Waals surface area contributed by atoms with Gasteiger partial charge in [-0.25, -0.2) is 0 Å². The second kappa shape index (κ2) is 7.20. The van der Waals surface area contributed by atoms with Crippen molar-refractivity contribution < 1.29 is 4.74 Å². The van der Waals surface area contributed by atoms with Crippen molar-refractivity contribution in [3.05, 3.63) is 59.1 Å². The van der Waals surface area contributed by atoms with Crippen LogP contribution in [0.2, 0.25) is 5.02 Å². The van der Waals surface area contributed by atoms with E-state index >= 15 is 0 Å². The third-order valence-electron chi connectivity index (χ3n) is 3.43. The van der Waals surface area contributed by atoms with Gasteiger partial charge in [0, 0.05) is 12.2 Å². The quantitative estimate of drug-likeness (QED) is 0.812. The summed E-state index contributed by atoms with van der Waals surface area (Å²) in [5.74, 6) is 1.24. The summed E-state index contributed by atoms with van der Waals surface area (Å²) in [5.41, 5.74) is 2.40. The van der Waals surface area contributed by atoms with Crippen molar-refractivity contribution in [3.63, 3.8) is 0 Å². The first-order chi connectivity index (χ1) is 9.70. The number of halogens is 1. The molecule has 0 aliphatic rings. The Hall–Kier alpha value is -1.67. The molecule has 1 N–H and O–H groups in total. The van der Waals surface area contributed by atoms with Crippen LogP contribution in [0.5, 0.6) is 5.75 Å². The third-order valence-corrected chi connectivity index (χ3v) is 3.72. The Morgan fingerprint density at radius 3 is 2.55 bits per heavy atom. The molecule has 0 radical (unpaired) electrons. The van der Waals surface area contributed by atoms with E-state index < -0.39 is 0 Å². The molecule has 0 bridgehead atoms. The van der Waals surface area contributed by atoms with Crippen molar-refractivity contribution in [2.24, 2.45) is 0 Å². The Labute approximate surface area is 125 Å². The van der Waals surface area contributed by atoms with Gasteiger partial charge in [-0.05, 0) is 36.1 Å². The lowest BCUT2D eigenvalue weighted by Gasteiger charge is -2.13. The fourth-order valence-electron chi connectivity index (χ4n) is 2.16. The van der Waals surface area contributed by atoms with Crippen LogP contribution in [0.3, 0.4) is 0 Å². The van der Waals surface area contributed by atoms with Gasteiger partial charge in [0.1, 0.15) is 5.75 Å². The van der Waals surface area contributed by atoms with E-state index in [-0.39, 0.29) is 0 Å². The predicted molar refractivity (Wildman–Crippen MR) is 86.0 cm³/mol. The van der Waals surface area contributed by atoms with Crippen LogP contribution in [0, 0.1) is 0 Å². The number of rotatable bonds is 6. The molecule has 20 heavy (non-hydrogen) atoms. The van der Waals surface area contributed by atoms with Crippen LogP contribution in [0.25, 0.3) is 0 Å². The van der Waals surface area contributed by atoms with E-state index in [1.807, 2.05) is 24.3 Å². The largest absolute Gasteiger partial charge is 0.495 e. The first-order valence-corrected chi connectivity index (χ1v) is 7.21. The summed E-state index contributed by atoms with van der Waals surface area (Å²) >= 11 is 6.10. The van der Waals surface area contributed by atoms with E-state index in [9.17, 15) is 0 Å². The summed E-state index contributed by atoms with van der Waals surface area (Å²) in [6, 6.07) is 16.3. The monoisotopic (exact) mass is 289 g/mol. The molecule has 2 nitrogen and oxygen atoms in total. The van der Waals surface area contributed by atoms with Crippen LogP contribution in [-0.2, 0) is 0 Å². The Kier molecular flexibility index (Phi) is 5.31. The maximum Gasteiger partial charge on any atom is 0.137 e. The van der Waals surface area contributed by atoms with Gasteiger partial charge < -0.3 is 10.1 Å². The summed E-state index contributed by atoms with van der Waals surface area (Å²) in [6.07, 6.45) is 1.08. The molecular formula is C17H20ClNO. The molecule has 2 rings (SSSR count). The maximum atomic E-state index is 6.10. The fourth-order valence-corrected chi connectivity index (χ4v) is 2.42. The summed E-state index contributed by atoms with van der Waals surface area (Å²) in [4.78, 5) is 0. The van der Waals surface area contributed by atoms with Crippen molar-refractivity contribution >= 4 is 17.3 Å². The number of hydrogen-bond donors (Lipinski definition) is 1. The molecule has 1 atom stereocenters. The van der Waals surface area contributed by atoms with Crippen molar-refractivity contribution in [2.75, 3.05) is 19.0 Å². The van der Waals surface area contributed by atoms with E-state index in [2.05, 4.69) is 36.5 Å². The lowest BCUT2D eigenvalue weighted by Crippen LogP contribution is -2.06. The maximum absolute atomic E-state index is 6.10. The molecule has 106 valence electrons. The lowest BCUT2D eigenvalue weighted by molar-refractivity contribution is 0.415. The highest BCUT2D eigenvalue weighted by atomic mass is 35.5. The zero-order valence-electron chi connectivity index (χ0n) is 11.9. The second-order valence-electron chi connectivity index (χ2n) is 4.88. The normalized spacial score (nSPS) is 11.9. The molecule has 0 heterocycles. The van der Waals surface area contributed by atoms with Gasteiger partial charge in [0.15, 0.2) is 0 Å². The molecule has 0 spiro atoms. The van der Waals surface area contributed by atoms with Crippen LogP contribution in [0.1, 0.15) is 24.8 Å². The highest BCUT2D eigenvalue weighted by Gasteiger charge is 2.05. The lowest BCUT2D eigenvalue weighted by atomic mass is 9.98. The van der Waals surface area contributed by atoms with Crippen LogP contribution >= 0.6 is 11.6 Å². The number of anilines is 1. The van der Waals surface area contributed by atoms with Gasteiger partial charge in [0.05, 0.1) is 12.1 Å². The zero-order chi connectivity index (χ0) is 14.4. The van der Waals surface area contributed by atoms with Gasteiger partial charge in [-0.1, -0.05) is 48.9 Å². The minimum absolute atomic E-state index is 0.539. The average molecular weight is 290 g/mol. The second-order valence-corrected chi connectivity index (χ2v) is 5.28. The average Bonchev–Trinajstić information content (AvgIpc) is 2.48. The Morgan fingerprint density at radius 1 is 1.15 bits per heavy atom. The first-order valence-electron chi connectivity index (χ1n) is 6.83. The number of methoxy groups -OCH3 is 1. The van der Waals surface area contributed by atoms with Gasteiger partial charge in [0.2, 0.25) is 0 Å². The van der Waals surface area contributed by atoms with Gasteiger partial charge in [-0.3, -0.25) is 0 Å². The topological polar surface area (TPSA) is 21.3 Å². The van der Waals surface area contributed by atoms with Crippen LogP contribution < -0.4 is 10.1 Å². The van der Waals surface area contributed by atoms with E-state index in [4.69, 9.17) is 16.3 Å². The highest BCUT2D eigenvalue weighted by molar-refractivity contribution is 6.32. The Morgan fingerprint density at radius 2 is 1.90 bits per heavy atom.